The van der Waals surface area contributed by atoms with Gasteiger partial charge in [-0.1, -0.05) is 6.92 Å². The van der Waals surface area contributed by atoms with Gasteiger partial charge in [0.2, 0.25) is 0 Å². The van der Waals surface area contributed by atoms with Crippen molar-refractivity contribution in [3.05, 3.63) is 46.4 Å². The second kappa shape index (κ2) is 8.63. The number of piperazine rings is 1. The highest BCUT2D eigenvalue weighted by molar-refractivity contribution is 9.10. The van der Waals surface area contributed by atoms with Crippen molar-refractivity contribution in [3.8, 4) is 5.75 Å². The number of hydrogen-bond donors (Lipinski definition) is 2. The summed E-state index contributed by atoms with van der Waals surface area (Å²) in [4.78, 5) is 17.2. The summed E-state index contributed by atoms with van der Waals surface area (Å²) in [6.07, 6.45) is 0. The molecule has 1 saturated heterocycles. The number of methoxy groups -OCH3 is 1. The molecule has 0 atom stereocenters. The van der Waals surface area contributed by atoms with Crippen molar-refractivity contribution in [2.75, 3.05) is 55.8 Å². The lowest BCUT2D eigenvalue weighted by Crippen LogP contribution is -2.46. The van der Waals surface area contributed by atoms with Crippen LogP contribution in [0.25, 0.3) is 0 Å². The summed E-state index contributed by atoms with van der Waals surface area (Å²) in [5.41, 5.74) is 9.19. The average Bonchev–Trinajstić information content (AvgIpc) is 2.68. The van der Waals surface area contributed by atoms with Gasteiger partial charge in [0.15, 0.2) is 0 Å². The quantitative estimate of drug-likeness (QED) is 0.708. The molecule has 0 saturated carbocycles. The maximum absolute atomic E-state index is 12.5. The fourth-order valence-electron chi connectivity index (χ4n) is 3.24. The molecular formula is C20H25BrN4O2. The monoisotopic (exact) mass is 432 g/mol. The van der Waals surface area contributed by atoms with E-state index in [2.05, 4.69) is 38.0 Å². The molecule has 0 spiro atoms. The van der Waals surface area contributed by atoms with E-state index in [1.54, 1.807) is 25.3 Å². The number of ether oxygens (including phenoxy) is 1. The molecule has 0 aromatic heterocycles. The Balaban J connectivity index is 1.68. The smallest absolute Gasteiger partial charge is 0.255 e. The Kier molecular flexibility index (Phi) is 6.23. The number of nitrogens with one attached hydrogen (secondary N) is 1. The van der Waals surface area contributed by atoms with Gasteiger partial charge >= 0.3 is 0 Å². The molecule has 6 nitrogen and oxygen atoms in total. The standard InChI is InChI=1S/C20H25BrN4O2/c1-3-24-8-10-25(11-9-24)18-6-5-15(13-17(18)22)23-20(26)14-4-7-19(27-2)16(21)12-14/h4-7,12-13H,3,8-11,22H2,1-2H3,(H,23,26). The maximum atomic E-state index is 12.5. The van der Waals surface area contributed by atoms with Crippen LogP contribution in [0.5, 0.6) is 5.75 Å². The van der Waals surface area contributed by atoms with Crippen molar-refractivity contribution in [3.63, 3.8) is 0 Å². The molecule has 1 aliphatic heterocycles. The van der Waals surface area contributed by atoms with Crippen molar-refractivity contribution in [2.24, 2.45) is 0 Å². The summed E-state index contributed by atoms with van der Waals surface area (Å²) in [6, 6.07) is 10.9. The van der Waals surface area contributed by atoms with Crippen LogP contribution in [-0.4, -0.2) is 50.6 Å². The fourth-order valence-corrected chi connectivity index (χ4v) is 3.78. The number of carbonyl (C=O) groups is 1. The molecule has 3 rings (SSSR count). The Morgan fingerprint density at radius 1 is 1.19 bits per heavy atom. The lowest BCUT2D eigenvalue weighted by Gasteiger charge is -2.36. The predicted molar refractivity (Wildman–Crippen MR) is 114 cm³/mol. The van der Waals surface area contributed by atoms with Crippen molar-refractivity contribution in [1.29, 1.82) is 0 Å². The van der Waals surface area contributed by atoms with Crippen molar-refractivity contribution in [2.45, 2.75) is 6.92 Å². The van der Waals surface area contributed by atoms with Gasteiger partial charge in [-0.05, 0) is 58.9 Å². The minimum atomic E-state index is -0.193. The summed E-state index contributed by atoms with van der Waals surface area (Å²) in [5.74, 6) is 0.491. The highest BCUT2D eigenvalue weighted by Crippen LogP contribution is 2.29. The van der Waals surface area contributed by atoms with Crippen LogP contribution >= 0.6 is 15.9 Å². The molecule has 0 unspecified atom stereocenters. The molecular weight excluding hydrogens is 408 g/mol. The number of carbonyl (C=O) groups excluding carboxylic acids is 1. The molecule has 2 aromatic carbocycles. The minimum Gasteiger partial charge on any atom is -0.496 e. The lowest BCUT2D eigenvalue weighted by atomic mass is 10.1. The van der Waals surface area contributed by atoms with E-state index in [-0.39, 0.29) is 5.91 Å². The highest BCUT2D eigenvalue weighted by atomic mass is 79.9. The second-order valence-electron chi connectivity index (χ2n) is 6.50. The number of amides is 1. The number of hydrogen-bond acceptors (Lipinski definition) is 5. The molecule has 1 amide bonds. The van der Waals surface area contributed by atoms with E-state index in [9.17, 15) is 4.79 Å². The Hall–Kier alpha value is -2.25. The van der Waals surface area contributed by atoms with Crippen molar-refractivity contribution >= 4 is 38.9 Å². The number of nitrogens with zero attached hydrogens (tertiary/aromatic N) is 2. The molecule has 144 valence electrons. The van der Waals surface area contributed by atoms with E-state index in [1.807, 2.05) is 18.2 Å². The van der Waals surface area contributed by atoms with Crippen LogP contribution in [0, 0.1) is 0 Å². The van der Waals surface area contributed by atoms with Gasteiger partial charge in [-0.3, -0.25) is 4.79 Å². The maximum Gasteiger partial charge on any atom is 0.255 e. The lowest BCUT2D eigenvalue weighted by molar-refractivity contribution is 0.102. The zero-order valence-corrected chi connectivity index (χ0v) is 17.3. The molecule has 1 heterocycles. The zero-order chi connectivity index (χ0) is 19.4. The van der Waals surface area contributed by atoms with E-state index in [1.165, 1.54) is 0 Å². The van der Waals surface area contributed by atoms with Gasteiger partial charge in [0.25, 0.3) is 5.91 Å². The summed E-state index contributed by atoms with van der Waals surface area (Å²) in [7, 11) is 1.59. The van der Waals surface area contributed by atoms with Crippen LogP contribution in [0.1, 0.15) is 17.3 Å². The SMILES string of the molecule is CCN1CCN(c2ccc(NC(=O)c3ccc(OC)c(Br)c3)cc2N)CC1. The Labute approximate surface area is 168 Å². The van der Waals surface area contributed by atoms with Crippen LogP contribution in [0.3, 0.4) is 0 Å². The number of benzene rings is 2. The van der Waals surface area contributed by atoms with Crippen LogP contribution < -0.4 is 20.7 Å². The molecule has 27 heavy (non-hydrogen) atoms. The van der Waals surface area contributed by atoms with Crippen LogP contribution in [0.2, 0.25) is 0 Å². The summed E-state index contributed by atoms with van der Waals surface area (Å²) in [5, 5.41) is 2.90. The first kappa shape index (κ1) is 19.5. The van der Waals surface area contributed by atoms with E-state index < -0.39 is 0 Å². The van der Waals surface area contributed by atoms with E-state index in [0.717, 1.165) is 42.9 Å². The van der Waals surface area contributed by atoms with Gasteiger partial charge < -0.3 is 25.6 Å². The largest absolute Gasteiger partial charge is 0.496 e. The molecule has 2 aromatic rings. The van der Waals surface area contributed by atoms with Gasteiger partial charge in [0.05, 0.1) is 23.0 Å². The van der Waals surface area contributed by atoms with Gasteiger partial charge in [-0.15, -0.1) is 0 Å². The number of nitrogen functional groups attached to an aromatic ring is 1. The van der Waals surface area contributed by atoms with Gasteiger partial charge in [0, 0.05) is 37.4 Å². The molecule has 0 aliphatic carbocycles. The first-order chi connectivity index (χ1) is 13.0. The summed E-state index contributed by atoms with van der Waals surface area (Å²) >= 11 is 3.40. The highest BCUT2D eigenvalue weighted by Gasteiger charge is 2.18. The molecule has 3 N–H and O–H groups in total. The zero-order valence-electron chi connectivity index (χ0n) is 15.7. The first-order valence-corrected chi connectivity index (χ1v) is 9.83. The van der Waals surface area contributed by atoms with Crippen molar-refractivity contribution in [1.82, 2.24) is 4.90 Å². The van der Waals surface area contributed by atoms with E-state index >= 15 is 0 Å². The minimum absolute atomic E-state index is 0.193. The van der Waals surface area contributed by atoms with Crippen molar-refractivity contribution < 1.29 is 9.53 Å². The van der Waals surface area contributed by atoms with Gasteiger partial charge in [-0.25, -0.2) is 0 Å². The Morgan fingerprint density at radius 2 is 1.93 bits per heavy atom. The number of halogens is 1. The third-order valence-electron chi connectivity index (χ3n) is 4.86. The topological polar surface area (TPSA) is 70.8 Å². The Morgan fingerprint density at radius 3 is 2.52 bits per heavy atom. The average molecular weight is 433 g/mol. The van der Waals surface area contributed by atoms with Crippen LogP contribution in [0.4, 0.5) is 17.1 Å². The van der Waals surface area contributed by atoms with E-state index in [4.69, 9.17) is 10.5 Å². The van der Waals surface area contributed by atoms with Gasteiger partial charge in [0.1, 0.15) is 5.75 Å². The third kappa shape index (κ3) is 4.54. The number of anilines is 3. The molecule has 1 aliphatic rings. The first-order valence-electron chi connectivity index (χ1n) is 9.03. The number of likely N-dealkylation sites (N-methyl/N-ethyl adjacent to an activating group) is 1. The van der Waals surface area contributed by atoms with Crippen LogP contribution in [-0.2, 0) is 0 Å². The third-order valence-corrected chi connectivity index (χ3v) is 5.48. The number of nitrogens with two attached hydrogens (primary N) is 1. The molecule has 0 bridgehead atoms. The number of rotatable bonds is 5. The Bertz CT molecular complexity index is 820. The summed E-state index contributed by atoms with van der Waals surface area (Å²) < 4.78 is 5.93. The molecule has 7 heteroatoms. The normalized spacial score (nSPS) is 14.9. The van der Waals surface area contributed by atoms with Gasteiger partial charge in [-0.2, -0.15) is 0 Å². The molecule has 0 radical (unpaired) electrons. The van der Waals surface area contributed by atoms with E-state index in [0.29, 0.717) is 22.7 Å². The predicted octanol–water partition coefficient (Wildman–Crippen LogP) is 3.43. The summed E-state index contributed by atoms with van der Waals surface area (Å²) in [6.45, 7) is 7.27. The fraction of sp³-hybridized carbons (Fsp3) is 0.350. The second-order valence-corrected chi connectivity index (χ2v) is 7.35. The molecule has 1 fully saturated rings. The van der Waals surface area contributed by atoms with Crippen LogP contribution in [0.15, 0.2) is 40.9 Å².